The van der Waals surface area contributed by atoms with E-state index in [-0.39, 0.29) is 11.3 Å². The molecule has 0 radical (unpaired) electrons. The Bertz CT molecular complexity index is 531. The Morgan fingerprint density at radius 2 is 1.73 bits per heavy atom. The number of halogens is 1. The van der Waals surface area contributed by atoms with E-state index >= 15 is 0 Å². The number of rotatable bonds is 1. The van der Waals surface area contributed by atoms with E-state index in [1.54, 1.807) is 36.5 Å². The second kappa shape index (κ2) is 3.90. The zero-order chi connectivity index (χ0) is 10.8. The summed E-state index contributed by atoms with van der Waals surface area (Å²) in [5, 5.41) is 9.13. The van der Waals surface area contributed by atoms with Crippen molar-refractivity contribution in [3.05, 3.63) is 57.4 Å². The molecule has 4 heteroatoms. The molecule has 0 fully saturated rings. The van der Waals surface area contributed by atoms with Crippen LogP contribution in [0.3, 0.4) is 0 Å². The van der Waals surface area contributed by atoms with Gasteiger partial charge < -0.3 is 5.11 Å². The fraction of sp³-hybridized carbons (Fsp3) is 0. The summed E-state index contributed by atoms with van der Waals surface area (Å²) in [7, 11) is 0. The molecule has 0 aliphatic carbocycles. The molecule has 76 valence electrons. The van der Waals surface area contributed by atoms with Crippen LogP contribution >= 0.6 is 15.9 Å². The van der Waals surface area contributed by atoms with E-state index < -0.39 is 0 Å². The van der Waals surface area contributed by atoms with Crippen LogP contribution < -0.4 is 5.56 Å². The maximum atomic E-state index is 11.5. The molecule has 1 N–H and O–H groups in total. The molecular weight excluding hydrogens is 258 g/mol. The molecule has 0 aliphatic heterocycles. The third-order valence-electron chi connectivity index (χ3n) is 2.00. The van der Waals surface area contributed by atoms with Crippen molar-refractivity contribution in [1.82, 2.24) is 4.57 Å². The van der Waals surface area contributed by atoms with Gasteiger partial charge in [0.25, 0.3) is 5.56 Å². The first kappa shape index (κ1) is 9.98. The molecule has 0 atom stereocenters. The number of aromatic nitrogens is 1. The van der Waals surface area contributed by atoms with E-state index in [4.69, 9.17) is 5.11 Å². The van der Waals surface area contributed by atoms with Gasteiger partial charge in [0.05, 0.1) is 0 Å². The maximum absolute atomic E-state index is 11.5. The van der Waals surface area contributed by atoms with Crippen LogP contribution in [0.25, 0.3) is 5.69 Å². The highest BCUT2D eigenvalue weighted by Gasteiger charge is 1.99. The van der Waals surface area contributed by atoms with Crippen molar-refractivity contribution in [3.8, 4) is 11.4 Å². The highest BCUT2D eigenvalue weighted by Crippen LogP contribution is 2.14. The Labute approximate surface area is 94.7 Å². The topological polar surface area (TPSA) is 42.2 Å². The quantitative estimate of drug-likeness (QED) is 0.860. The van der Waals surface area contributed by atoms with Gasteiger partial charge in [0, 0.05) is 22.4 Å². The lowest BCUT2D eigenvalue weighted by molar-refractivity contribution is 0.475. The summed E-state index contributed by atoms with van der Waals surface area (Å²) in [6.45, 7) is 0. The minimum absolute atomic E-state index is 0.108. The molecule has 1 heterocycles. The Balaban J connectivity index is 2.58. The number of benzene rings is 1. The first-order valence-electron chi connectivity index (χ1n) is 4.34. The van der Waals surface area contributed by atoms with Gasteiger partial charge in [-0.3, -0.25) is 9.36 Å². The summed E-state index contributed by atoms with van der Waals surface area (Å²) in [4.78, 5) is 11.5. The Kier molecular flexibility index (Phi) is 2.60. The van der Waals surface area contributed by atoms with Crippen molar-refractivity contribution in [1.29, 1.82) is 0 Å². The zero-order valence-corrected chi connectivity index (χ0v) is 9.31. The monoisotopic (exact) mass is 265 g/mol. The minimum atomic E-state index is -0.108. The van der Waals surface area contributed by atoms with Gasteiger partial charge in [-0.05, 0) is 46.3 Å². The number of nitrogens with zero attached hydrogens (tertiary/aromatic N) is 1. The maximum Gasteiger partial charge on any atom is 0.255 e. The third-order valence-corrected chi connectivity index (χ3v) is 2.47. The molecule has 0 saturated heterocycles. The summed E-state index contributed by atoms with van der Waals surface area (Å²) >= 11 is 3.30. The third kappa shape index (κ3) is 2.10. The lowest BCUT2D eigenvalue weighted by atomic mass is 10.3. The number of hydrogen-bond donors (Lipinski definition) is 1. The number of phenols is 1. The van der Waals surface area contributed by atoms with E-state index in [0.717, 1.165) is 10.2 Å². The molecule has 0 spiro atoms. The molecular formula is C11H8BrNO2. The Hall–Kier alpha value is -1.55. The van der Waals surface area contributed by atoms with Crippen LogP contribution in [0.1, 0.15) is 0 Å². The summed E-state index contributed by atoms with van der Waals surface area (Å²) in [6, 6.07) is 9.63. The molecule has 0 bridgehead atoms. The molecule has 2 aromatic rings. The molecule has 1 aromatic heterocycles. The normalized spacial score (nSPS) is 10.2. The molecule has 15 heavy (non-hydrogen) atoms. The average molecular weight is 266 g/mol. The lowest BCUT2D eigenvalue weighted by Gasteiger charge is -2.05. The van der Waals surface area contributed by atoms with Crippen LogP contribution in [0.4, 0.5) is 0 Å². The van der Waals surface area contributed by atoms with Crippen LogP contribution in [0.2, 0.25) is 0 Å². The summed E-state index contributed by atoms with van der Waals surface area (Å²) in [6.07, 6.45) is 1.69. The average Bonchev–Trinajstić information content (AvgIpc) is 2.23. The standard InChI is InChI=1S/C11H8BrNO2/c12-8-1-6-11(15)13(7-8)9-2-4-10(14)5-3-9/h1-7,14H. The second-order valence-electron chi connectivity index (χ2n) is 3.07. The van der Waals surface area contributed by atoms with Gasteiger partial charge in [0.15, 0.2) is 0 Å². The van der Waals surface area contributed by atoms with Gasteiger partial charge in [-0.2, -0.15) is 0 Å². The first-order chi connectivity index (χ1) is 7.16. The van der Waals surface area contributed by atoms with Gasteiger partial charge in [0.1, 0.15) is 5.75 Å². The van der Waals surface area contributed by atoms with E-state index in [0.29, 0.717) is 0 Å². The SMILES string of the molecule is O=c1ccc(Br)cn1-c1ccc(O)cc1. The van der Waals surface area contributed by atoms with Crippen molar-refractivity contribution in [2.45, 2.75) is 0 Å². The number of aromatic hydroxyl groups is 1. The molecule has 2 rings (SSSR count). The molecule has 0 saturated carbocycles. The highest BCUT2D eigenvalue weighted by atomic mass is 79.9. The van der Waals surface area contributed by atoms with Crippen molar-refractivity contribution in [2.75, 3.05) is 0 Å². The second-order valence-corrected chi connectivity index (χ2v) is 3.99. The van der Waals surface area contributed by atoms with E-state index in [9.17, 15) is 4.79 Å². The number of phenolic OH excluding ortho intramolecular Hbond substituents is 1. The van der Waals surface area contributed by atoms with Crippen molar-refractivity contribution in [2.24, 2.45) is 0 Å². The minimum Gasteiger partial charge on any atom is -0.508 e. The first-order valence-corrected chi connectivity index (χ1v) is 5.14. The predicted molar refractivity (Wildman–Crippen MR) is 61.4 cm³/mol. The summed E-state index contributed by atoms with van der Waals surface area (Å²) in [5.41, 5.74) is 0.614. The van der Waals surface area contributed by atoms with E-state index in [2.05, 4.69) is 15.9 Å². The molecule has 0 unspecified atom stereocenters. The van der Waals surface area contributed by atoms with Crippen LogP contribution in [-0.2, 0) is 0 Å². The fourth-order valence-electron chi connectivity index (χ4n) is 1.28. The summed E-state index contributed by atoms with van der Waals surface area (Å²) in [5.74, 6) is 0.182. The largest absolute Gasteiger partial charge is 0.508 e. The van der Waals surface area contributed by atoms with Gasteiger partial charge in [-0.1, -0.05) is 0 Å². The summed E-state index contributed by atoms with van der Waals surface area (Å²) < 4.78 is 2.33. The Morgan fingerprint density at radius 1 is 1.07 bits per heavy atom. The van der Waals surface area contributed by atoms with E-state index in [1.807, 2.05) is 0 Å². The van der Waals surface area contributed by atoms with Crippen LogP contribution in [0.5, 0.6) is 5.75 Å². The van der Waals surface area contributed by atoms with Gasteiger partial charge >= 0.3 is 0 Å². The van der Waals surface area contributed by atoms with E-state index in [1.165, 1.54) is 10.6 Å². The Morgan fingerprint density at radius 3 is 2.40 bits per heavy atom. The molecule has 3 nitrogen and oxygen atoms in total. The lowest BCUT2D eigenvalue weighted by Crippen LogP contribution is -2.15. The van der Waals surface area contributed by atoms with Crippen molar-refractivity contribution < 1.29 is 5.11 Å². The highest BCUT2D eigenvalue weighted by molar-refractivity contribution is 9.10. The van der Waals surface area contributed by atoms with Crippen molar-refractivity contribution >= 4 is 15.9 Å². The molecule has 0 amide bonds. The molecule has 1 aromatic carbocycles. The number of pyridine rings is 1. The van der Waals surface area contributed by atoms with Crippen LogP contribution in [0, 0.1) is 0 Å². The van der Waals surface area contributed by atoms with Crippen molar-refractivity contribution in [3.63, 3.8) is 0 Å². The smallest absolute Gasteiger partial charge is 0.255 e. The molecule has 0 aliphatic rings. The predicted octanol–water partition coefficient (Wildman–Crippen LogP) is 2.31. The van der Waals surface area contributed by atoms with Crippen LogP contribution in [-0.4, -0.2) is 9.67 Å². The van der Waals surface area contributed by atoms with Gasteiger partial charge in [-0.25, -0.2) is 0 Å². The van der Waals surface area contributed by atoms with Crippen LogP contribution in [0.15, 0.2) is 51.9 Å². The fourth-order valence-corrected chi connectivity index (χ4v) is 1.61. The number of hydrogen-bond acceptors (Lipinski definition) is 2. The van der Waals surface area contributed by atoms with Gasteiger partial charge in [0.2, 0.25) is 0 Å². The van der Waals surface area contributed by atoms with Gasteiger partial charge in [-0.15, -0.1) is 0 Å². The zero-order valence-electron chi connectivity index (χ0n) is 7.72.